The Balaban J connectivity index is 2.46. The molecule has 2 rings (SSSR count). The highest BCUT2D eigenvalue weighted by Gasteiger charge is 2.48. The SMILES string of the molecule is COc1ccccc1C1(O)CC(C)(C)CC(C)(C)C1. The molecule has 0 heterocycles. The van der Waals surface area contributed by atoms with Crippen LogP contribution >= 0.6 is 0 Å². The topological polar surface area (TPSA) is 29.5 Å². The molecule has 1 aromatic carbocycles. The minimum Gasteiger partial charge on any atom is -0.496 e. The highest BCUT2D eigenvalue weighted by atomic mass is 16.5. The number of rotatable bonds is 2. The van der Waals surface area contributed by atoms with E-state index in [-0.39, 0.29) is 10.8 Å². The predicted molar refractivity (Wildman–Crippen MR) is 78.3 cm³/mol. The summed E-state index contributed by atoms with van der Waals surface area (Å²) in [5, 5.41) is 11.2. The second-order valence-electron chi connectivity index (χ2n) is 7.59. The summed E-state index contributed by atoms with van der Waals surface area (Å²) >= 11 is 0. The van der Waals surface area contributed by atoms with Gasteiger partial charge < -0.3 is 9.84 Å². The molecule has 1 saturated carbocycles. The smallest absolute Gasteiger partial charge is 0.124 e. The van der Waals surface area contributed by atoms with Crippen LogP contribution in [0.1, 0.15) is 52.5 Å². The minimum absolute atomic E-state index is 0.136. The fourth-order valence-corrected chi connectivity index (χ4v) is 4.29. The Morgan fingerprint density at radius 1 is 0.947 bits per heavy atom. The van der Waals surface area contributed by atoms with Gasteiger partial charge in [0.1, 0.15) is 5.75 Å². The second kappa shape index (κ2) is 4.52. The van der Waals surface area contributed by atoms with Gasteiger partial charge in [-0.15, -0.1) is 0 Å². The lowest BCUT2D eigenvalue weighted by Crippen LogP contribution is -2.44. The fourth-order valence-electron chi connectivity index (χ4n) is 4.29. The third kappa shape index (κ3) is 2.94. The lowest BCUT2D eigenvalue weighted by atomic mass is 9.58. The molecule has 2 nitrogen and oxygen atoms in total. The average molecular weight is 262 g/mol. The van der Waals surface area contributed by atoms with Crippen LogP contribution in [0.25, 0.3) is 0 Å². The molecule has 1 fully saturated rings. The number of ether oxygens (including phenoxy) is 1. The Hall–Kier alpha value is -1.02. The van der Waals surface area contributed by atoms with Gasteiger partial charge >= 0.3 is 0 Å². The first kappa shape index (κ1) is 14.4. The molecule has 2 heteroatoms. The number of aliphatic hydroxyl groups is 1. The molecule has 0 atom stereocenters. The van der Waals surface area contributed by atoms with Crippen molar-refractivity contribution in [3.05, 3.63) is 29.8 Å². The summed E-state index contributed by atoms with van der Waals surface area (Å²) in [4.78, 5) is 0. The largest absolute Gasteiger partial charge is 0.496 e. The van der Waals surface area contributed by atoms with Crippen LogP contribution in [0.4, 0.5) is 0 Å². The maximum Gasteiger partial charge on any atom is 0.124 e. The standard InChI is InChI=1S/C17H26O2/c1-15(2)10-16(3,4)12-17(18,11-15)13-8-6-7-9-14(13)19-5/h6-9,18H,10-12H2,1-5H3. The molecular weight excluding hydrogens is 236 g/mol. The van der Waals surface area contributed by atoms with Crippen LogP contribution in [-0.2, 0) is 5.60 Å². The molecule has 0 amide bonds. The van der Waals surface area contributed by atoms with Crippen molar-refractivity contribution in [1.82, 2.24) is 0 Å². The zero-order chi connectivity index (χ0) is 14.3. The summed E-state index contributed by atoms with van der Waals surface area (Å²) in [6.45, 7) is 8.98. The molecular formula is C17H26O2. The maximum absolute atomic E-state index is 11.2. The van der Waals surface area contributed by atoms with Gasteiger partial charge in [0, 0.05) is 5.56 Å². The van der Waals surface area contributed by atoms with E-state index >= 15 is 0 Å². The third-order valence-corrected chi connectivity index (χ3v) is 4.11. The van der Waals surface area contributed by atoms with E-state index in [1.54, 1.807) is 7.11 Å². The van der Waals surface area contributed by atoms with E-state index in [0.717, 1.165) is 30.6 Å². The van der Waals surface area contributed by atoms with Crippen LogP contribution in [0, 0.1) is 10.8 Å². The highest BCUT2D eigenvalue weighted by molar-refractivity contribution is 5.38. The van der Waals surface area contributed by atoms with Gasteiger partial charge in [-0.1, -0.05) is 45.9 Å². The molecule has 0 bridgehead atoms. The van der Waals surface area contributed by atoms with Gasteiger partial charge in [-0.3, -0.25) is 0 Å². The van der Waals surface area contributed by atoms with E-state index in [4.69, 9.17) is 4.74 Å². The van der Waals surface area contributed by atoms with Crippen LogP contribution in [0.15, 0.2) is 24.3 Å². The van der Waals surface area contributed by atoms with Gasteiger partial charge in [0.15, 0.2) is 0 Å². The van der Waals surface area contributed by atoms with Gasteiger partial charge in [0.05, 0.1) is 12.7 Å². The zero-order valence-electron chi connectivity index (χ0n) is 12.8. The van der Waals surface area contributed by atoms with Crippen LogP contribution in [0.5, 0.6) is 5.75 Å². The average Bonchev–Trinajstić information content (AvgIpc) is 2.24. The number of para-hydroxylation sites is 1. The Morgan fingerprint density at radius 2 is 1.47 bits per heavy atom. The van der Waals surface area contributed by atoms with Crippen molar-refractivity contribution in [1.29, 1.82) is 0 Å². The van der Waals surface area contributed by atoms with Crippen molar-refractivity contribution in [3.63, 3.8) is 0 Å². The zero-order valence-corrected chi connectivity index (χ0v) is 12.8. The summed E-state index contributed by atoms with van der Waals surface area (Å²) in [5.41, 5.74) is 0.408. The van der Waals surface area contributed by atoms with E-state index < -0.39 is 5.60 Å². The van der Waals surface area contributed by atoms with Crippen LogP contribution < -0.4 is 4.74 Å². The number of methoxy groups -OCH3 is 1. The van der Waals surface area contributed by atoms with Crippen molar-refractivity contribution < 1.29 is 9.84 Å². The fraction of sp³-hybridized carbons (Fsp3) is 0.647. The van der Waals surface area contributed by atoms with E-state index in [0.29, 0.717) is 0 Å². The summed E-state index contributed by atoms with van der Waals surface area (Å²) < 4.78 is 5.44. The van der Waals surface area contributed by atoms with E-state index in [2.05, 4.69) is 27.7 Å². The molecule has 1 N–H and O–H groups in total. The quantitative estimate of drug-likeness (QED) is 0.868. The van der Waals surface area contributed by atoms with E-state index in [1.807, 2.05) is 24.3 Å². The van der Waals surface area contributed by atoms with Gasteiger partial charge in [-0.05, 0) is 36.2 Å². The molecule has 0 unspecified atom stereocenters. The third-order valence-electron chi connectivity index (χ3n) is 4.11. The van der Waals surface area contributed by atoms with Crippen molar-refractivity contribution in [2.24, 2.45) is 10.8 Å². The van der Waals surface area contributed by atoms with Gasteiger partial charge in [-0.2, -0.15) is 0 Å². The summed E-state index contributed by atoms with van der Waals surface area (Å²) in [6, 6.07) is 7.85. The number of benzene rings is 1. The van der Waals surface area contributed by atoms with Crippen molar-refractivity contribution >= 4 is 0 Å². The van der Waals surface area contributed by atoms with Gasteiger partial charge in [0.2, 0.25) is 0 Å². The van der Waals surface area contributed by atoms with Crippen molar-refractivity contribution in [2.75, 3.05) is 7.11 Å². The first-order valence-electron chi connectivity index (χ1n) is 7.03. The van der Waals surface area contributed by atoms with E-state index in [1.165, 1.54) is 0 Å². The summed E-state index contributed by atoms with van der Waals surface area (Å²) in [6.07, 6.45) is 2.70. The Labute approximate surface area is 116 Å². The summed E-state index contributed by atoms with van der Waals surface area (Å²) in [7, 11) is 1.67. The predicted octanol–water partition coefficient (Wildman–Crippen LogP) is 4.12. The first-order valence-corrected chi connectivity index (χ1v) is 7.03. The van der Waals surface area contributed by atoms with Gasteiger partial charge in [-0.25, -0.2) is 0 Å². The van der Waals surface area contributed by atoms with Crippen LogP contribution in [-0.4, -0.2) is 12.2 Å². The van der Waals surface area contributed by atoms with Crippen molar-refractivity contribution in [3.8, 4) is 5.75 Å². The second-order valence-corrected chi connectivity index (χ2v) is 7.59. The molecule has 0 aliphatic heterocycles. The molecule has 19 heavy (non-hydrogen) atoms. The normalized spacial score (nSPS) is 23.9. The molecule has 106 valence electrons. The van der Waals surface area contributed by atoms with Crippen LogP contribution in [0.3, 0.4) is 0 Å². The highest BCUT2D eigenvalue weighted by Crippen LogP contribution is 2.55. The van der Waals surface area contributed by atoms with Gasteiger partial charge in [0.25, 0.3) is 0 Å². The van der Waals surface area contributed by atoms with E-state index in [9.17, 15) is 5.11 Å². The summed E-state index contributed by atoms with van der Waals surface area (Å²) in [5.74, 6) is 0.790. The Kier molecular flexibility index (Phi) is 3.42. The molecule has 1 aromatic rings. The number of hydrogen-bond donors (Lipinski definition) is 1. The number of hydrogen-bond acceptors (Lipinski definition) is 2. The molecule has 1 aliphatic carbocycles. The van der Waals surface area contributed by atoms with Crippen molar-refractivity contribution in [2.45, 2.75) is 52.6 Å². The molecule has 0 radical (unpaired) electrons. The maximum atomic E-state index is 11.2. The molecule has 0 spiro atoms. The minimum atomic E-state index is -0.794. The first-order chi connectivity index (χ1) is 8.68. The Morgan fingerprint density at radius 3 is 2.00 bits per heavy atom. The molecule has 0 aromatic heterocycles. The van der Waals surface area contributed by atoms with Crippen LogP contribution in [0.2, 0.25) is 0 Å². The lowest BCUT2D eigenvalue weighted by Gasteiger charge is -2.50. The molecule has 0 saturated heterocycles. The lowest BCUT2D eigenvalue weighted by molar-refractivity contribution is -0.0922. The monoisotopic (exact) mass is 262 g/mol. The Bertz CT molecular complexity index is 444. The molecule has 1 aliphatic rings.